The van der Waals surface area contributed by atoms with Crippen LogP contribution in [0.1, 0.15) is 6.42 Å². The van der Waals surface area contributed by atoms with Gasteiger partial charge in [-0.15, -0.1) is 0 Å². The Kier molecular flexibility index (Phi) is 5.58. The third-order valence-electron chi connectivity index (χ3n) is 3.79. The molecule has 0 aliphatic heterocycles. The number of para-hydroxylation sites is 2. The second kappa shape index (κ2) is 8.24. The van der Waals surface area contributed by atoms with E-state index in [1.165, 1.54) is 16.9 Å². The normalized spacial score (nSPS) is 10.7. The Bertz CT molecular complexity index is 971. The Morgan fingerprint density at radius 2 is 1.92 bits per heavy atom. The first-order valence-electron chi connectivity index (χ1n) is 8.24. The average Bonchev–Trinajstić information content (AvgIpc) is 2.65. The fourth-order valence-corrected chi connectivity index (χ4v) is 2.52. The fourth-order valence-electron chi connectivity index (χ4n) is 2.52. The van der Waals surface area contributed by atoms with Gasteiger partial charge in [0.25, 0.3) is 0 Å². The van der Waals surface area contributed by atoms with Crippen LogP contribution >= 0.6 is 0 Å². The van der Waals surface area contributed by atoms with Gasteiger partial charge in [-0.05, 0) is 30.7 Å². The Morgan fingerprint density at radius 3 is 2.77 bits per heavy atom. The van der Waals surface area contributed by atoms with E-state index in [1.54, 1.807) is 42.5 Å². The van der Waals surface area contributed by atoms with Gasteiger partial charge in [0.2, 0.25) is 11.3 Å². The molecule has 6 nitrogen and oxygen atoms in total. The molecule has 0 atom stereocenters. The minimum absolute atomic E-state index is 0.00889. The van der Waals surface area contributed by atoms with Crippen molar-refractivity contribution in [2.45, 2.75) is 13.0 Å². The van der Waals surface area contributed by atoms with E-state index < -0.39 is 5.82 Å². The van der Waals surface area contributed by atoms with Crippen molar-refractivity contribution in [1.29, 1.82) is 0 Å². The number of rotatable bonds is 7. The highest BCUT2D eigenvalue weighted by molar-refractivity contribution is 5.81. The lowest BCUT2D eigenvalue weighted by atomic mass is 10.2. The van der Waals surface area contributed by atoms with Gasteiger partial charge in [-0.1, -0.05) is 24.3 Å². The molecule has 134 valence electrons. The van der Waals surface area contributed by atoms with E-state index in [0.29, 0.717) is 30.5 Å². The van der Waals surface area contributed by atoms with Crippen molar-refractivity contribution in [3.63, 3.8) is 0 Å². The number of nitrogens with one attached hydrogen (secondary N) is 1. The molecule has 0 bridgehead atoms. The molecule has 3 aromatic rings. The number of carbonyl (C=O) groups excluding carboxylic acids is 1. The van der Waals surface area contributed by atoms with E-state index in [1.807, 2.05) is 0 Å². The van der Waals surface area contributed by atoms with Crippen LogP contribution in [0, 0.1) is 5.82 Å². The number of fused-ring (bicyclic) bond motifs is 1. The zero-order valence-corrected chi connectivity index (χ0v) is 14.0. The van der Waals surface area contributed by atoms with Crippen LogP contribution in [0.3, 0.4) is 0 Å². The highest BCUT2D eigenvalue weighted by Crippen LogP contribution is 2.15. The number of nitrogens with zero attached hydrogens (tertiary/aromatic N) is 2. The van der Waals surface area contributed by atoms with Crippen LogP contribution in [-0.4, -0.2) is 28.8 Å². The lowest BCUT2D eigenvalue weighted by Gasteiger charge is -2.10. The summed E-state index contributed by atoms with van der Waals surface area (Å²) in [5, 5.41) is 7.30. The van der Waals surface area contributed by atoms with Gasteiger partial charge in [0, 0.05) is 11.9 Å². The first kappa shape index (κ1) is 17.6. The van der Waals surface area contributed by atoms with Gasteiger partial charge >= 0.3 is 0 Å². The fraction of sp³-hybridized carbons (Fsp3) is 0.211. The Morgan fingerprint density at radius 1 is 1.15 bits per heavy atom. The average molecular weight is 355 g/mol. The molecule has 0 fully saturated rings. The quantitative estimate of drug-likeness (QED) is 0.659. The topological polar surface area (TPSA) is 73.2 Å². The molecule has 26 heavy (non-hydrogen) atoms. The van der Waals surface area contributed by atoms with Gasteiger partial charge in [0.1, 0.15) is 6.54 Å². The lowest BCUT2D eigenvalue weighted by Crippen LogP contribution is -2.30. The predicted octanol–water partition coefficient (Wildman–Crippen LogP) is 2.12. The van der Waals surface area contributed by atoms with Gasteiger partial charge in [-0.3, -0.25) is 14.3 Å². The number of benzene rings is 2. The van der Waals surface area contributed by atoms with Crippen LogP contribution in [0.25, 0.3) is 10.9 Å². The molecule has 1 aromatic heterocycles. The van der Waals surface area contributed by atoms with Crippen LogP contribution in [0.4, 0.5) is 4.39 Å². The smallest absolute Gasteiger partial charge is 0.241 e. The van der Waals surface area contributed by atoms with E-state index in [0.717, 1.165) is 0 Å². The summed E-state index contributed by atoms with van der Waals surface area (Å²) in [4.78, 5) is 23.9. The van der Waals surface area contributed by atoms with Gasteiger partial charge < -0.3 is 10.1 Å². The van der Waals surface area contributed by atoms with Crippen LogP contribution < -0.4 is 15.5 Å². The SMILES string of the molecule is O=C(Cn1ncc(=O)c2ccccc21)NCCCOc1ccccc1F. The monoisotopic (exact) mass is 355 g/mol. The summed E-state index contributed by atoms with van der Waals surface area (Å²) in [6.45, 7) is 0.695. The maximum absolute atomic E-state index is 13.4. The van der Waals surface area contributed by atoms with E-state index in [4.69, 9.17) is 4.74 Å². The summed E-state index contributed by atoms with van der Waals surface area (Å²) in [5.41, 5.74) is 0.431. The van der Waals surface area contributed by atoms with Gasteiger partial charge in [-0.25, -0.2) is 4.39 Å². The highest BCUT2D eigenvalue weighted by Gasteiger charge is 2.08. The number of hydrogen-bond acceptors (Lipinski definition) is 4. The molecule has 0 saturated heterocycles. The third kappa shape index (κ3) is 4.24. The predicted molar refractivity (Wildman–Crippen MR) is 95.5 cm³/mol. The molecule has 0 aliphatic carbocycles. The summed E-state index contributed by atoms with van der Waals surface area (Å²) < 4.78 is 20.2. The van der Waals surface area contributed by atoms with Gasteiger partial charge in [0.15, 0.2) is 11.6 Å². The molecule has 1 N–H and O–H groups in total. The number of ether oxygens (including phenoxy) is 1. The number of hydrogen-bond donors (Lipinski definition) is 1. The standard InChI is InChI=1S/C19H18FN3O3/c20-15-7-2-4-9-18(15)26-11-5-10-21-19(25)13-23-16-8-3-1-6-14(16)17(24)12-22-23/h1-4,6-9,12H,5,10-11,13H2,(H,21,25). The summed E-state index contributed by atoms with van der Waals surface area (Å²) >= 11 is 0. The lowest BCUT2D eigenvalue weighted by molar-refractivity contribution is -0.121. The van der Waals surface area contributed by atoms with Crippen molar-refractivity contribution in [3.05, 3.63) is 70.8 Å². The Labute approximate surface area is 149 Å². The third-order valence-corrected chi connectivity index (χ3v) is 3.79. The molecule has 0 aliphatic rings. The molecular weight excluding hydrogens is 337 g/mol. The summed E-state index contributed by atoms with van der Waals surface area (Å²) in [6.07, 6.45) is 1.75. The van der Waals surface area contributed by atoms with Crippen molar-refractivity contribution >= 4 is 16.8 Å². The zero-order valence-electron chi connectivity index (χ0n) is 14.0. The Balaban J connectivity index is 1.49. The second-order valence-electron chi connectivity index (χ2n) is 5.67. The number of aromatic nitrogens is 2. The van der Waals surface area contributed by atoms with Crippen LogP contribution in [0.2, 0.25) is 0 Å². The largest absolute Gasteiger partial charge is 0.490 e. The molecule has 1 amide bonds. The summed E-state index contributed by atoms with van der Waals surface area (Å²) in [7, 11) is 0. The molecule has 1 heterocycles. The minimum atomic E-state index is -0.410. The van der Waals surface area contributed by atoms with E-state index in [2.05, 4.69) is 10.4 Å². The second-order valence-corrected chi connectivity index (χ2v) is 5.67. The van der Waals surface area contributed by atoms with Crippen LogP contribution in [0.15, 0.2) is 59.5 Å². The van der Waals surface area contributed by atoms with Crippen molar-refractivity contribution in [2.75, 3.05) is 13.2 Å². The molecule has 0 spiro atoms. The summed E-state index contributed by atoms with van der Waals surface area (Å²) in [6, 6.07) is 13.2. The van der Waals surface area contributed by atoms with E-state index >= 15 is 0 Å². The van der Waals surface area contributed by atoms with Gasteiger partial charge in [-0.2, -0.15) is 5.10 Å². The Hall–Kier alpha value is -3.22. The van der Waals surface area contributed by atoms with Crippen molar-refractivity contribution in [1.82, 2.24) is 15.1 Å². The van der Waals surface area contributed by atoms with E-state index in [9.17, 15) is 14.0 Å². The maximum Gasteiger partial charge on any atom is 0.241 e. The van der Waals surface area contributed by atoms with Crippen LogP contribution in [-0.2, 0) is 11.3 Å². The molecular formula is C19H18FN3O3. The molecule has 0 radical (unpaired) electrons. The van der Waals surface area contributed by atoms with Crippen molar-refractivity contribution < 1.29 is 13.9 Å². The molecule has 7 heteroatoms. The number of carbonyl (C=O) groups is 1. The minimum Gasteiger partial charge on any atom is -0.490 e. The highest BCUT2D eigenvalue weighted by atomic mass is 19.1. The first-order valence-corrected chi connectivity index (χ1v) is 8.24. The number of halogens is 1. The van der Waals surface area contributed by atoms with Crippen molar-refractivity contribution in [2.24, 2.45) is 0 Å². The molecule has 0 unspecified atom stereocenters. The number of amides is 1. The summed E-state index contributed by atoms with van der Waals surface area (Å²) in [5.74, 6) is -0.437. The van der Waals surface area contributed by atoms with Gasteiger partial charge in [0.05, 0.1) is 18.3 Å². The molecule has 0 saturated carbocycles. The molecule has 2 aromatic carbocycles. The first-order chi connectivity index (χ1) is 12.6. The zero-order chi connectivity index (χ0) is 18.4. The van der Waals surface area contributed by atoms with Crippen LogP contribution in [0.5, 0.6) is 5.75 Å². The van der Waals surface area contributed by atoms with Crippen molar-refractivity contribution in [3.8, 4) is 5.75 Å². The van der Waals surface area contributed by atoms with E-state index in [-0.39, 0.29) is 23.6 Å². The molecule has 3 rings (SSSR count). The maximum atomic E-state index is 13.4.